The Morgan fingerprint density at radius 2 is 1.59 bits per heavy atom. The molecule has 0 saturated carbocycles. The summed E-state index contributed by atoms with van der Waals surface area (Å²) in [5.74, 6) is 0.422. The SMILES string of the molecule is Cc1ccc(-c2cc(Cl)c(Cl)cc2Cl)c(N)n1. The Morgan fingerprint density at radius 1 is 0.941 bits per heavy atom. The quantitative estimate of drug-likeness (QED) is 0.779. The van der Waals surface area contributed by atoms with Crippen molar-refractivity contribution in [2.24, 2.45) is 0 Å². The van der Waals surface area contributed by atoms with E-state index < -0.39 is 0 Å². The molecule has 1 aromatic carbocycles. The van der Waals surface area contributed by atoms with Crippen LogP contribution in [0.1, 0.15) is 5.69 Å². The molecular formula is C12H9Cl3N2. The van der Waals surface area contributed by atoms with Gasteiger partial charge in [-0.2, -0.15) is 0 Å². The van der Waals surface area contributed by atoms with Crippen LogP contribution in [-0.4, -0.2) is 4.98 Å². The fourth-order valence-electron chi connectivity index (χ4n) is 1.53. The first-order valence-electron chi connectivity index (χ1n) is 4.87. The molecular weight excluding hydrogens is 279 g/mol. The van der Waals surface area contributed by atoms with Gasteiger partial charge < -0.3 is 5.73 Å². The highest BCUT2D eigenvalue weighted by molar-refractivity contribution is 6.44. The molecule has 0 unspecified atom stereocenters. The van der Waals surface area contributed by atoms with Gasteiger partial charge in [-0.1, -0.05) is 34.8 Å². The minimum Gasteiger partial charge on any atom is -0.383 e. The minimum atomic E-state index is 0.416. The second-order valence-electron chi connectivity index (χ2n) is 3.63. The van der Waals surface area contributed by atoms with Gasteiger partial charge in [-0.15, -0.1) is 0 Å². The maximum absolute atomic E-state index is 6.12. The molecule has 17 heavy (non-hydrogen) atoms. The number of nitrogens with zero attached hydrogens (tertiary/aromatic N) is 1. The summed E-state index contributed by atoms with van der Waals surface area (Å²) in [6.45, 7) is 1.87. The van der Waals surface area contributed by atoms with E-state index in [1.807, 2.05) is 19.1 Å². The van der Waals surface area contributed by atoms with Gasteiger partial charge in [0.15, 0.2) is 0 Å². The number of nitrogen functional groups attached to an aromatic ring is 1. The summed E-state index contributed by atoms with van der Waals surface area (Å²) in [7, 11) is 0. The van der Waals surface area contributed by atoms with Crippen molar-refractivity contribution in [2.45, 2.75) is 6.92 Å². The molecule has 5 heteroatoms. The molecule has 0 spiro atoms. The van der Waals surface area contributed by atoms with Gasteiger partial charge in [0.2, 0.25) is 0 Å². The summed E-state index contributed by atoms with van der Waals surface area (Å²) in [6.07, 6.45) is 0. The molecule has 0 saturated heterocycles. The Hall–Kier alpha value is -0.960. The third-order valence-electron chi connectivity index (χ3n) is 2.36. The molecule has 0 atom stereocenters. The summed E-state index contributed by atoms with van der Waals surface area (Å²) in [5.41, 5.74) is 8.19. The molecule has 0 bridgehead atoms. The van der Waals surface area contributed by atoms with E-state index in [1.54, 1.807) is 12.1 Å². The Morgan fingerprint density at radius 3 is 2.24 bits per heavy atom. The zero-order chi connectivity index (χ0) is 12.6. The van der Waals surface area contributed by atoms with Gasteiger partial charge in [-0.05, 0) is 31.2 Å². The molecule has 88 valence electrons. The van der Waals surface area contributed by atoms with Crippen LogP contribution in [0.4, 0.5) is 5.82 Å². The van der Waals surface area contributed by atoms with Crippen LogP contribution < -0.4 is 5.73 Å². The van der Waals surface area contributed by atoms with Gasteiger partial charge in [-0.25, -0.2) is 4.98 Å². The van der Waals surface area contributed by atoms with Crippen LogP contribution in [-0.2, 0) is 0 Å². The van der Waals surface area contributed by atoms with E-state index in [0.29, 0.717) is 20.9 Å². The molecule has 0 aliphatic heterocycles. The number of nitrogens with two attached hydrogens (primary N) is 1. The van der Waals surface area contributed by atoms with Crippen LogP contribution in [0.2, 0.25) is 15.1 Å². The zero-order valence-electron chi connectivity index (χ0n) is 8.97. The summed E-state index contributed by atoms with van der Waals surface area (Å²) in [5, 5.41) is 1.35. The van der Waals surface area contributed by atoms with Crippen LogP contribution in [0.15, 0.2) is 24.3 Å². The molecule has 2 aromatic rings. The first-order valence-corrected chi connectivity index (χ1v) is 6.00. The molecule has 1 aromatic heterocycles. The number of anilines is 1. The van der Waals surface area contributed by atoms with E-state index in [9.17, 15) is 0 Å². The smallest absolute Gasteiger partial charge is 0.131 e. The van der Waals surface area contributed by atoms with Gasteiger partial charge in [0.25, 0.3) is 0 Å². The van der Waals surface area contributed by atoms with Crippen molar-refractivity contribution >= 4 is 40.6 Å². The molecule has 0 radical (unpaired) electrons. The standard InChI is InChI=1S/C12H9Cl3N2/c1-6-2-3-7(12(16)17-6)8-4-10(14)11(15)5-9(8)13/h2-5H,1H3,(H2,16,17). The van der Waals surface area contributed by atoms with Crippen molar-refractivity contribution in [1.82, 2.24) is 4.98 Å². The molecule has 0 amide bonds. The maximum Gasteiger partial charge on any atom is 0.131 e. The van der Waals surface area contributed by atoms with Crippen molar-refractivity contribution in [1.29, 1.82) is 0 Å². The average molecular weight is 288 g/mol. The van der Waals surface area contributed by atoms with Crippen LogP contribution in [0, 0.1) is 6.92 Å². The van der Waals surface area contributed by atoms with E-state index >= 15 is 0 Å². The molecule has 2 nitrogen and oxygen atoms in total. The van der Waals surface area contributed by atoms with E-state index in [0.717, 1.165) is 16.8 Å². The Balaban J connectivity index is 2.64. The highest BCUT2D eigenvalue weighted by Gasteiger charge is 2.11. The predicted octanol–water partition coefficient (Wildman–Crippen LogP) is 4.60. The highest BCUT2D eigenvalue weighted by atomic mass is 35.5. The first-order chi connectivity index (χ1) is 7.99. The molecule has 2 N–H and O–H groups in total. The van der Waals surface area contributed by atoms with E-state index in [4.69, 9.17) is 40.5 Å². The Bertz CT molecular complexity index is 582. The second-order valence-corrected chi connectivity index (χ2v) is 4.85. The number of hydrogen-bond donors (Lipinski definition) is 1. The van der Waals surface area contributed by atoms with Crippen molar-refractivity contribution in [3.05, 3.63) is 45.0 Å². The van der Waals surface area contributed by atoms with Crippen molar-refractivity contribution in [3.63, 3.8) is 0 Å². The molecule has 0 fully saturated rings. The first kappa shape index (κ1) is 12.5. The van der Waals surface area contributed by atoms with E-state index in [2.05, 4.69) is 4.98 Å². The lowest BCUT2D eigenvalue weighted by atomic mass is 10.1. The van der Waals surface area contributed by atoms with Gasteiger partial charge in [0.1, 0.15) is 5.82 Å². The lowest BCUT2D eigenvalue weighted by Crippen LogP contribution is -1.96. The predicted molar refractivity (Wildman–Crippen MR) is 73.9 cm³/mol. The minimum absolute atomic E-state index is 0.416. The zero-order valence-corrected chi connectivity index (χ0v) is 11.2. The van der Waals surface area contributed by atoms with Crippen molar-refractivity contribution in [3.8, 4) is 11.1 Å². The van der Waals surface area contributed by atoms with E-state index in [1.165, 1.54) is 0 Å². The highest BCUT2D eigenvalue weighted by Crippen LogP contribution is 2.36. The maximum atomic E-state index is 6.12. The number of hydrogen-bond acceptors (Lipinski definition) is 2. The average Bonchev–Trinajstić information content (AvgIpc) is 2.24. The fourth-order valence-corrected chi connectivity index (χ4v) is 2.18. The normalized spacial score (nSPS) is 10.6. The van der Waals surface area contributed by atoms with E-state index in [-0.39, 0.29) is 0 Å². The monoisotopic (exact) mass is 286 g/mol. The number of benzene rings is 1. The van der Waals surface area contributed by atoms with Crippen molar-refractivity contribution in [2.75, 3.05) is 5.73 Å². The molecule has 2 rings (SSSR count). The number of rotatable bonds is 1. The second kappa shape index (κ2) is 4.73. The number of pyridine rings is 1. The lowest BCUT2D eigenvalue weighted by Gasteiger charge is -2.09. The number of halogens is 3. The van der Waals surface area contributed by atoms with Gasteiger partial charge in [-0.3, -0.25) is 0 Å². The third kappa shape index (κ3) is 2.49. The molecule has 0 aliphatic carbocycles. The Labute approximate surface area is 114 Å². The van der Waals surface area contributed by atoms with Gasteiger partial charge >= 0.3 is 0 Å². The van der Waals surface area contributed by atoms with Crippen LogP contribution in [0.25, 0.3) is 11.1 Å². The van der Waals surface area contributed by atoms with Crippen LogP contribution in [0.3, 0.4) is 0 Å². The summed E-state index contributed by atoms with van der Waals surface area (Å²) >= 11 is 18.0. The third-order valence-corrected chi connectivity index (χ3v) is 3.40. The molecule has 1 heterocycles. The fraction of sp³-hybridized carbons (Fsp3) is 0.0833. The van der Waals surface area contributed by atoms with Crippen molar-refractivity contribution < 1.29 is 0 Å². The largest absolute Gasteiger partial charge is 0.383 e. The summed E-state index contributed by atoms with van der Waals surface area (Å²) in [4.78, 5) is 4.19. The number of aromatic nitrogens is 1. The van der Waals surface area contributed by atoms with Gasteiger partial charge in [0, 0.05) is 16.8 Å². The summed E-state index contributed by atoms with van der Waals surface area (Å²) < 4.78 is 0. The van der Waals surface area contributed by atoms with Crippen LogP contribution in [0.5, 0.6) is 0 Å². The molecule has 0 aliphatic rings. The number of aryl methyl sites for hydroxylation is 1. The topological polar surface area (TPSA) is 38.9 Å². The summed E-state index contributed by atoms with van der Waals surface area (Å²) in [6, 6.07) is 7.02. The Kier molecular flexibility index (Phi) is 3.48. The lowest BCUT2D eigenvalue weighted by molar-refractivity contribution is 1.21. The van der Waals surface area contributed by atoms with Crippen LogP contribution >= 0.6 is 34.8 Å². The van der Waals surface area contributed by atoms with Gasteiger partial charge in [0.05, 0.1) is 15.1 Å².